The van der Waals surface area contributed by atoms with Crippen molar-refractivity contribution in [2.45, 2.75) is 108 Å². The van der Waals surface area contributed by atoms with Crippen LogP contribution >= 0.6 is 0 Å². The van der Waals surface area contributed by atoms with Crippen LogP contribution in [-0.2, 0) is 0 Å². The Morgan fingerprint density at radius 1 is 0.692 bits per heavy atom. The van der Waals surface area contributed by atoms with E-state index in [1.807, 2.05) is 4.90 Å². The molecule has 0 atom stereocenters. The molecule has 26 heavy (non-hydrogen) atoms. The molecule has 0 aliphatic rings. The van der Waals surface area contributed by atoms with Crippen LogP contribution in [0.1, 0.15) is 108 Å². The molecule has 0 aromatic heterocycles. The van der Waals surface area contributed by atoms with Crippen molar-refractivity contribution >= 4 is 0 Å². The van der Waals surface area contributed by atoms with Crippen molar-refractivity contribution in [3.05, 3.63) is 0 Å². The van der Waals surface area contributed by atoms with Crippen molar-refractivity contribution in [3.63, 3.8) is 0 Å². The van der Waals surface area contributed by atoms with Crippen LogP contribution < -0.4 is 0 Å². The topological polar surface area (TPSA) is 43.7 Å². The first-order valence-electron chi connectivity index (χ1n) is 10.8. The van der Waals surface area contributed by atoms with Crippen LogP contribution in [-0.4, -0.2) is 48.0 Å². The van der Waals surface area contributed by atoms with Gasteiger partial charge in [0.1, 0.15) is 0 Å². The summed E-state index contributed by atoms with van der Waals surface area (Å²) in [6, 6.07) is 0. The predicted molar refractivity (Wildman–Crippen MR) is 121 cm³/mol. The molecule has 0 aromatic carbocycles. The maximum absolute atomic E-state index is 8.57. The zero-order chi connectivity index (χ0) is 20.1. The highest BCUT2D eigenvalue weighted by Crippen LogP contribution is 2.33. The molecule has 0 aromatic rings. The second-order valence-electron chi connectivity index (χ2n) is 7.12. The van der Waals surface area contributed by atoms with Gasteiger partial charge in [0.2, 0.25) is 0 Å². The van der Waals surface area contributed by atoms with Gasteiger partial charge in [-0.05, 0) is 24.3 Å². The number of rotatable bonds is 12. The SMILES string of the molecule is C.CCC(C)CC.CCC(CC)(CC)CC.CCCN(CCO)CCO. The monoisotopic (exact) mass is 377 g/mol. The molecule has 0 rings (SSSR count). The highest BCUT2D eigenvalue weighted by Gasteiger charge is 2.20. The third-order valence-corrected chi connectivity index (χ3v) is 5.77. The Balaban J connectivity index is -0.000000141. The highest BCUT2D eigenvalue weighted by atomic mass is 16.3. The normalized spacial score (nSPS) is 10.6. The minimum Gasteiger partial charge on any atom is -0.395 e. The lowest BCUT2D eigenvalue weighted by atomic mass is 9.78. The molecule has 3 heteroatoms. The second kappa shape index (κ2) is 24.9. The number of hydrogen-bond acceptors (Lipinski definition) is 3. The van der Waals surface area contributed by atoms with Crippen molar-refractivity contribution in [3.8, 4) is 0 Å². The third-order valence-electron chi connectivity index (χ3n) is 5.77. The Bertz CT molecular complexity index is 194. The van der Waals surface area contributed by atoms with Gasteiger partial charge in [-0.2, -0.15) is 0 Å². The van der Waals surface area contributed by atoms with Gasteiger partial charge in [-0.1, -0.05) is 101 Å². The summed E-state index contributed by atoms with van der Waals surface area (Å²) in [5.74, 6) is 0.935. The van der Waals surface area contributed by atoms with Crippen LogP contribution in [0.4, 0.5) is 0 Å². The molecule has 0 amide bonds. The standard InChI is InChI=1S/C9H20.C7H17NO2.C6H14.CH4/c1-5-9(6-2,7-3)8-4;1-2-3-8(4-6-9)5-7-10;1-4-6(3)5-2;/h5-8H2,1-4H3;9-10H,2-7H2,1H3;6H,4-5H2,1-3H3;1H4. The smallest absolute Gasteiger partial charge is 0.0558 e. The molecule has 0 saturated heterocycles. The lowest BCUT2D eigenvalue weighted by Crippen LogP contribution is -2.30. The molecule has 0 saturated carbocycles. The highest BCUT2D eigenvalue weighted by molar-refractivity contribution is 4.72. The molecule has 3 nitrogen and oxygen atoms in total. The molecule has 0 bridgehead atoms. The minimum atomic E-state index is 0. The van der Waals surface area contributed by atoms with Crippen LogP contribution in [0.5, 0.6) is 0 Å². The van der Waals surface area contributed by atoms with E-state index >= 15 is 0 Å². The van der Waals surface area contributed by atoms with Gasteiger partial charge in [0.25, 0.3) is 0 Å². The van der Waals surface area contributed by atoms with E-state index in [1.54, 1.807) is 0 Å². The summed E-state index contributed by atoms with van der Waals surface area (Å²) in [4.78, 5) is 2.04. The van der Waals surface area contributed by atoms with Crippen molar-refractivity contribution < 1.29 is 10.2 Å². The lowest BCUT2D eigenvalue weighted by molar-refractivity contribution is 0.161. The molecule has 0 fully saturated rings. The van der Waals surface area contributed by atoms with Crippen LogP contribution in [0.3, 0.4) is 0 Å². The molecule has 0 heterocycles. The van der Waals surface area contributed by atoms with Gasteiger partial charge in [-0.15, -0.1) is 0 Å². The van der Waals surface area contributed by atoms with E-state index in [9.17, 15) is 0 Å². The van der Waals surface area contributed by atoms with Crippen molar-refractivity contribution in [2.24, 2.45) is 11.3 Å². The summed E-state index contributed by atoms with van der Waals surface area (Å²) in [5, 5.41) is 17.1. The molecule has 0 aliphatic heterocycles. The van der Waals surface area contributed by atoms with Gasteiger partial charge < -0.3 is 10.2 Å². The van der Waals surface area contributed by atoms with E-state index in [1.165, 1.54) is 38.5 Å². The first kappa shape index (κ1) is 33.5. The summed E-state index contributed by atoms with van der Waals surface area (Å²) >= 11 is 0. The van der Waals surface area contributed by atoms with Gasteiger partial charge in [0, 0.05) is 13.1 Å². The van der Waals surface area contributed by atoms with Gasteiger partial charge in [-0.25, -0.2) is 0 Å². The molecular weight excluding hydrogens is 322 g/mol. The number of aliphatic hydroxyl groups is 2. The maximum Gasteiger partial charge on any atom is 0.0558 e. The van der Waals surface area contributed by atoms with E-state index in [2.05, 4.69) is 55.4 Å². The third kappa shape index (κ3) is 20.2. The summed E-state index contributed by atoms with van der Waals surface area (Å²) in [6.07, 6.45) is 9.10. The van der Waals surface area contributed by atoms with Gasteiger partial charge in [-0.3, -0.25) is 4.90 Å². The molecule has 164 valence electrons. The Morgan fingerprint density at radius 2 is 1.04 bits per heavy atom. The van der Waals surface area contributed by atoms with E-state index in [0.717, 1.165) is 18.9 Å². The fraction of sp³-hybridized carbons (Fsp3) is 1.00. The Hall–Kier alpha value is -0.120. The maximum atomic E-state index is 8.57. The van der Waals surface area contributed by atoms with E-state index in [0.29, 0.717) is 18.5 Å². The van der Waals surface area contributed by atoms with Gasteiger partial charge in [0.15, 0.2) is 0 Å². The largest absolute Gasteiger partial charge is 0.395 e. The van der Waals surface area contributed by atoms with Crippen LogP contribution in [0.2, 0.25) is 0 Å². The van der Waals surface area contributed by atoms with E-state index < -0.39 is 0 Å². The second-order valence-corrected chi connectivity index (χ2v) is 7.12. The molecule has 0 spiro atoms. The van der Waals surface area contributed by atoms with E-state index in [4.69, 9.17) is 10.2 Å². The zero-order valence-electron chi connectivity index (χ0n) is 18.9. The van der Waals surface area contributed by atoms with Crippen LogP contribution in [0.15, 0.2) is 0 Å². The number of hydrogen-bond donors (Lipinski definition) is 2. The van der Waals surface area contributed by atoms with Crippen molar-refractivity contribution in [1.82, 2.24) is 4.90 Å². The van der Waals surface area contributed by atoms with Crippen LogP contribution in [0.25, 0.3) is 0 Å². The number of nitrogens with zero attached hydrogens (tertiary/aromatic N) is 1. The number of aliphatic hydroxyl groups excluding tert-OH is 2. The predicted octanol–water partition coefficient (Wildman–Crippen LogP) is 6.37. The quantitative estimate of drug-likeness (QED) is 0.415. The first-order chi connectivity index (χ1) is 11.9. The minimum absolute atomic E-state index is 0. The van der Waals surface area contributed by atoms with Crippen LogP contribution in [0, 0.1) is 11.3 Å². The molecule has 0 aliphatic carbocycles. The summed E-state index contributed by atoms with van der Waals surface area (Å²) < 4.78 is 0. The van der Waals surface area contributed by atoms with Gasteiger partial charge >= 0.3 is 0 Å². The fourth-order valence-electron chi connectivity index (χ4n) is 2.72. The average molecular weight is 378 g/mol. The Labute approximate surface area is 167 Å². The molecule has 2 N–H and O–H groups in total. The van der Waals surface area contributed by atoms with Gasteiger partial charge in [0.05, 0.1) is 13.2 Å². The molecular formula is C23H55NO2. The van der Waals surface area contributed by atoms with E-state index in [-0.39, 0.29) is 20.6 Å². The Morgan fingerprint density at radius 3 is 1.15 bits per heavy atom. The zero-order valence-corrected chi connectivity index (χ0v) is 18.9. The lowest BCUT2D eigenvalue weighted by Gasteiger charge is -2.28. The summed E-state index contributed by atoms with van der Waals surface area (Å²) in [7, 11) is 0. The van der Waals surface area contributed by atoms with Crippen molar-refractivity contribution in [1.29, 1.82) is 0 Å². The fourth-order valence-corrected chi connectivity index (χ4v) is 2.72. The average Bonchev–Trinajstić information content (AvgIpc) is 2.65. The molecule has 0 radical (unpaired) electrons. The Kier molecular flexibility index (Phi) is 32.0. The summed E-state index contributed by atoms with van der Waals surface area (Å²) in [5.41, 5.74) is 0.667. The first-order valence-corrected chi connectivity index (χ1v) is 10.8. The molecule has 0 unspecified atom stereocenters. The summed E-state index contributed by atoms with van der Waals surface area (Å²) in [6.45, 7) is 20.7. The van der Waals surface area contributed by atoms with Crippen molar-refractivity contribution in [2.75, 3.05) is 32.8 Å².